The van der Waals surface area contributed by atoms with Crippen LogP contribution in [0.25, 0.3) is 17.4 Å². The zero-order valence-corrected chi connectivity index (χ0v) is 15.4. The molecule has 0 aliphatic carbocycles. The Morgan fingerprint density at radius 3 is 2.37 bits per heavy atom. The van der Waals surface area contributed by atoms with Gasteiger partial charge in [-0.3, -0.25) is 4.79 Å². The number of halogens is 1. The Morgan fingerprint density at radius 2 is 1.70 bits per heavy atom. The lowest BCUT2D eigenvalue weighted by Gasteiger charge is -2.06. The molecule has 0 saturated carbocycles. The minimum absolute atomic E-state index is 0.0833. The number of carbonyl (C=O) groups is 2. The molecule has 3 rings (SSSR count). The monoisotopic (exact) mass is 380 g/mol. The van der Waals surface area contributed by atoms with Crippen molar-refractivity contribution in [2.45, 2.75) is 6.92 Å². The fourth-order valence-electron chi connectivity index (χ4n) is 2.51. The molecule has 0 fully saturated rings. The molecule has 0 atom stereocenters. The zero-order valence-electron chi connectivity index (χ0n) is 14.6. The van der Waals surface area contributed by atoms with E-state index in [1.807, 2.05) is 12.1 Å². The predicted molar refractivity (Wildman–Crippen MR) is 105 cm³/mol. The molecule has 4 nitrogen and oxygen atoms in total. The van der Waals surface area contributed by atoms with Gasteiger partial charge in [0.15, 0.2) is 5.78 Å². The first-order valence-corrected chi connectivity index (χ1v) is 8.80. The third-order valence-electron chi connectivity index (χ3n) is 3.82. The van der Waals surface area contributed by atoms with Gasteiger partial charge in [0.05, 0.1) is 6.61 Å². The van der Waals surface area contributed by atoms with E-state index in [1.54, 1.807) is 61.5 Å². The first kappa shape index (κ1) is 18.7. The van der Waals surface area contributed by atoms with E-state index in [4.69, 9.17) is 20.8 Å². The summed E-state index contributed by atoms with van der Waals surface area (Å²) in [4.78, 5) is 25.1. The Balaban J connectivity index is 1.95. The highest BCUT2D eigenvalue weighted by atomic mass is 35.5. The molecule has 1 aromatic heterocycles. The molecule has 0 aliphatic heterocycles. The van der Waals surface area contributed by atoms with Crippen LogP contribution in [0, 0.1) is 0 Å². The standard InChI is InChI=1S/C22H17ClO4/c1-2-26-22(25)19(21(24)16-6-4-3-5-7-16)14-18-12-13-20(27-18)15-8-10-17(23)11-9-15/h3-14H,2H2,1H3/b19-14+. The SMILES string of the molecule is CCOC(=O)/C(=C/c1ccc(-c2ccc(Cl)cc2)o1)C(=O)c1ccccc1. The van der Waals surface area contributed by atoms with Crippen LogP contribution in [-0.4, -0.2) is 18.4 Å². The average molecular weight is 381 g/mol. The van der Waals surface area contributed by atoms with Crippen molar-refractivity contribution in [1.29, 1.82) is 0 Å². The van der Waals surface area contributed by atoms with Crippen molar-refractivity contribution < 1.29 is 18.7 Å². The lowest BCUT2D eigenvalue weighted by Crippen LogP contribution is -2.16. The molecule has 0 radical (unpaired) electrons. The maximum absolute atomic E-state index is 12.8. The molecule has 27 heavy (non-hydrogen) atoms. The molecule has 3 aromatic rings. The fourth-order valence-corrected chi connectivity index (χ4v) is 2.64. The Hall–Kier alpha value is -3.11. The largest absolute Gasteiger partial charge is 0.462 e. The number of hydrogen-bond donors (Lipinski definition) is 0. The van der Waals surface area contributed by atoms with E-state index < -0.39 is 11.8 Å². The molecule has 0 unspecified atom stereocenters. The topological polar surface area (TPSA) is 56.5 Å². The zero-order chi connectivity index (χ0) is 19.2. The molecule has 2 aromatic carbocycles. The lowest BCUT2D eigenvalue weighted by molar-refractivity contribution is -0.137. The number of ether oxygens (including phenoxy) is 1. The summed E-state index contributed by atoms with van der Waals surface area (Å²) in [7, 11) is 0. The molecule has 136 valence electrons. The molecule has 0 aliphatic rings. The number of carbonyl (C=O) groups excluding carboxylic acids is 2. The average Bonchev–Trinajstić information content (AvgIpc) is 3.15. The highest BCUT2D eigenvalue weighted by Crippen LogP contribution is 2.25. The van der Waals surface area contributed by atoms with Crippen molar-refractivity contribution in [3.63, 3.8) is 0 Å². The van der Waals surface area contributed by atoms with Crippen molar-refractivity contribution in [3.05, 3.63) is 88.6 Å². The summed E-state index contributed by atoms with van der Waals surface area (Å²) in [5, 5.41) is 0.628. The molecule has 0 N–H and O–H groups in total. The molecule has 0 saturated heterocycles. The summed E-state index contributed by atoms with van der Waals surface area (Å²) in [6.07, 6.45) is 1.41. The number of ketones is 1. The highest BCUT2D eigenvalue weighted by Gasteiger charge is 2.22. The van der Waals surface area contributed by atoms with Gasteiger partial charge in [-0.1, -0.05) is 41.9 Å². The van der Waals surface area contributed by atoms with Gasteiger partial charge in [-0.25, -0.2) is 4.79 Å². The van der Waals surface area contributed by atoms with E-state index in [1.165, 1.54) is 6.08 Å². The number of hydrogen-bond acceptors (Lipinski definition) is 4. The maximum atomic E-state index is 12.8. The minimum atomic E-state index is -0.684. The number of rotatable bonds is 6. The van der Waals surface area contributed by atoms with Gasteiger partial charge >= 0.3 is 5.97 Å². The van der Waals surface area contributed by atoms with Crippen molar-refractivity contribution in [2.24, 2.45) is 0 Å². The highest BCUT2D eigenvalue weighted by molar-refractivity contribution is 6.30. The lowest BCUT2D eigenvalue weighted by atomic mass is 10.0. The van der Waals surface area contributed by atoms with E-state index in [0.717, 1.165) is 5.56 Å². The summed E-state index contributed by atoms with van der Waals surface area (Å²) < 4.78 is 10.8. The normalized spacial score (nSPS) is 11.3. The smallest absolute Gasteiger partial charge is 0.342 e. The van der Waals surface area contributed by atoms with E-state index in [2.05, 4.69) is 0 Å². The number of Topliss-reactive ketones (excluding diaryl/α,β-unsaturated/α-hetero) is 1. The summed E-state index contributed by atoms with van der Waals surface area (Å²) in [6.45, 7) is 1.86. The quantitative estimate of drug-likeness (QED) is 0.188. The second kappa shape index (κ2) is 8.52. The summed E-state index contributed by atoms with van der Waals surface area (Å²) >= 11 is 5.90. The van der Waals surface area contributed by atoms with Gasteiger partial charge in [0.1, 0.15) is 17.1 Å². The minimum Gasteiger partial charge on any atom is -0.462 e. The van der Waals surface area contributed by atoms with Crippen LogP contribution >= 0.6 is 11.6 Å². The van der Waals surface area contributed by atoms with Crippen LogP contribution in [0.2, 0.25) is 5.02 Å². The predicted octanol–water partition coefficient (Wildman–Crippen LogP) is 5.43. The van der Waals surface area contributed by atoms with Gasteiger partial charge in [-0.15, -0.1) is 0 Å². The number of esters is 1. The van der Waals surface area contributed by atoms with Gasteiger partial charge in [0.2, 0.25) is 0 Å². The second-order valence-corrected chi connectivity index (χ2v) is 6.12. The third-order valence-corrected chi connectivity index (χ3v) is 4.07. The molecular weight excluding hydrogens is 364 g/mol. The van der Waals surface area contributed by atoms with E-state index in [-0.39, 0.29) is 12.2 Å². The van der Waals surface area contributed by atoms with Gasteiger partial charge in [0, 0.05) is 16.1 Å². The van der Waals surface area contributed by atoms with Crippen LogP contribution < -0.4 is 0 Å². The van der Waals surface area contributed by atoms with Crippen LogP contribution in [0.5, 0.6) is 0 Å². The molecule has 0 spiro atoms. The number of benzene rings is 2. The van der Waals surface area contributed by atoms with Gasteiger partial charge in [0.25, 0.3) is 0 Å². The summed E-state index contributed by atoms with van der Waals surface area (Å²) in [5.74, 6) is -0.116. The van der Waals surface area contributed by atoms with E-state index in [9.17, 15) is 9.59 Å². The van der Waals surface area contributed by atoms with Crippen molar-refractivity contribution >= 4 is 29.4 Å². The summed E-state index contributed by atoms with van der Waals surface area (Å²) in [6, 6.07) is 19.2. The van der Waals surface area contributed by atoms with Crippen LogP contribution in [0.4, 0.5) is 0 Å². The first-order valence-electron chi connectivity index (χ1n) is 8.43. The number of furan rings is 1. The van der Waals surface area contributed by atoms with Gasteiger partial charge < -0.3 is 9.15 Å². The van der Waals surface area contributed by atoms with Crippen LogP contribution in [0.3, 0.4) is 0 Å². The summed E-state index contributed by atoms with van der Waals surface area (Å²) in [5.41, 5.74) is 1.16. The van der Waals surface area contributed by atoms with Crippen LogP contribution in [0.1, 0.15) is 23.0 Å². The Kier molecular flexibility index (Phi) is 5.89. The molecule has 5 heteroatoms. The van der Waals surface area contributed by atoms with Gasteiger partial charge in [-0.05, 0) is 49.4 Å². The van der Waals surface area contributed by atoms with Crippen molar-refractivity contribution in [2.75, 3.05) is 6.61 Å². The molecule has 0 bridgehead atoms. The third kappa shape index (κ3) is 4.54. The maximum Gasteiger partial charge on any atom is 0.342 e. The van der Waals surface area contributed by atoms with Crippen LogP contribution in [0.15, 0.2) is 76.7 Å². The molecule has 1 heterocycles. The van der Waals surface area contributed by atoms with Crippen molar-refractivity contribution in [1.82, 2.24) is 0 Å². The Bertz CT molecular complexity index is 969. The Labute approximate surface area is 162 Å². The first-order chi connectivity index (χ1) is 13.1. The molecule has 0 amide bonds. The van der Waals surface area contributed by atoms with Crippen molar-refractivity contribution in [3.8, 4) is 11.3 Å². The second-order valence-electron chi connectivity index (χ2n) is 5.68. The Morgan fingerprint density at radius 1 is 1.00 bits per heavy atom. The van der Waals surface area contributed by atoms with Gasteiger partial charge in [-0.2, -0.15) is 0 Å². The molecular formula is C22H17ClO4. The van der Waals surface area contributed by atoms with E-state index >= 15 is 0 Å². The fraction of sp³-hybridized carbons (Fsp3) is 0.0909. The van der Waals surface area contributed by atoms with E-state index in [0.29, 0.717) is 22.1 Å². The van der Waals surface area contributed by atoms with Crippen LogP contribution in [-0.2, 0) is 9.53 Å².